The molecule has 0 aliphatic carbocycles. The molecule has 3 aromatic rings. The van der Waals surface area contributed by atoms with Gasteiger partial charge in [0, 0.05) is 17.7 Å². The number of ether oxygens (including phenoxy) is 2. The van der Waals surface area contributed by atoms with Gasteiger partial charge in [-0.1, -0.05) is 12.1 Å². The number of carbonyl (C=O) groups is 1. The number of methoxy groups -OCH3 is 1. The SMILES string of the molecule is COc1cc(/C=C/C(=O)Nc2ccc(C)c3ncccc23)ccc1OC(F)F. The Bertz CT molecular complexity index is 1040. The Hall–Kier alpha value is -3.48. The van der Waals surface area contributed by atoms with Crippen LogP contribution in [-0.4, -0.2) is 24.6 Å². The van der Waals surface area contributed by atoms with Gasteiger partial charge in [0.15, 0.2) is 11.5 Å². The molecule has 0 radical (unpaired) electrons. The van der Waals surface area contributed by atoms with Gasteiger partial charge in [0.1, 0.15) is 0 Å². The molecule has 0 aliphatic heterocycles. The first kappa shape index (κ1) is 19.3. The quantitative estimate of drug-likeness (QED) is 0.620. The van der Waals surface area contributed by atoms with E-state index in [1.165, 1.54) is 25.3 Å². The zero-order chi connectivity index (χ0) is 20.1. The lowest BCUT2D eigenvalue weighted by Crippen LogP contribution is -2.08. The second kappa shape index (κ2) is 8.47. The molecule has 2 aromatic carbocycles. The number of nitrogens with zero attached hydrogens (tertiary/aromatic N) is 1. The van der Waals surface area contributed by atoms with E-state index in [9.17, 15) is 13.6 Å². The second-order valence-electron chi connectivity index (χ2n) is 5.94. The van der Waals surface area contributed by atoms with Crippen molar-refractivity contribution in [2.75, 3.05) is 12.4 Å². The molecule has 0 unspecified atom stereocenters. The molecule has 144 valence electrons. The van der Waals surface area contributed by atoms with Gasteiger partial charge in [-0.15, -0.1) is 0 Å². The Morgan fingerprint density at radius 1 is 1.18 bits per heavy atom. The highest BCUT2D eigenvalue weighted by Crippen LogP contribution is 2.30. The summed E-state index contributed by atoms with van der Waals surface area (Å²) in [5, 5.41) is 3.67. The van der Waals surface area contributed by atoms with Crippen LogP contribution in [0.1, 0.15) is 11.1 Å². The number of anilines is 1. The van der Waals surface area contributed by atoms with Crippen molar-refractivity contribution in [3.8, 4) is 11.5 Å². The van der Waals surface area contributed by atoms with Gasteiger partial charge >= 0.3 is 6.61 Å². The summed E-state index contributed by atoms with van der Waals surface area (Å²) in [6.07, 6.45) is 4.61. The van der Waals surface area contributed by atoms with Crippen molar-refractivity contribution in [3.05, 3.63) is 65.9 Å². The number of halogens is 2. The fourth-order valence-electron chi connectivity index (χ4n) is 2.75. The zero-order valence-corrected chi connectivity index (χ0v) is 15.3. The number of hydrogen-bond donors (Lipinski definition) is 1. The summed E-state index contributed by atoms with van der Waals surface area (Å²) in [6.45, 7) is -0.991. The Kier molecular flexibility index (Phi) is 5.84. The third kappa shape index (κ3) is 4.43. The van der Waals surface area contributed by atoms with Crippen LogP contribution in [-0.2, 0) is 4.79 Å². The van der Waals surface area contributed by atoms with Crippen molar-refractivity contribution in [3.63, 3.8) is 0 Å². The second-order valence-corrected chi connectivity index (χ2v) is 5.94. The summed E-state index contributed by atoms with van der Waals surface area (Å²) in [4.78, 5) is 16.6. The molecule has 0 atom stereocenters. The summed E-state index contributed by atoms with van der Waals surface area (Å²) in [5.41, 5.74) is 3.09. The molecule has 1 aromatic heterocycles. The Morgan fingerprint density at radius 3 is 2.75 bits per heavy atom. The Labute approximate surface area is 160 Å². The lowest BCUT2D eigenvalue weighted by Gasteiger charge is -2.10. The van der Waals surface area contributed by atoms with Gasteiger partial charge in [-0.2, -0.15) is 8.78 Å². The molecule has 28 heavy (non-hydrogen) atoms. The number of alkyl halides is 2. The van der Waals surface area contributed by atoms with Gasteiger partial charge in [0.25, 0.3) is 0 Å². The van der Waals surface area contributed by atoms with Crippen LogP contribution in [0.25, 0.3) is 17.0 Å². The number of amides is 1. The van der Waals surface area contributed by atoms with Crippen LogP contribution < -0.4 is 14.8 Å². The standard InChI is InChI=1S/C21H18F2N2O3/c1-13-5-8-16(15-4-3-11-24-20(13)15)25-19(26)10-7-14-6-9-17(28-21(22)23)18(12-14)27-2/h3-12,21H,1-2H3,(H,25,26)/b10-7+. The van der Waals surface area contributed by atoms with Crippen LogP contribution >= 0.6 is 0 Å². The van der Waals surface area contributed by atoms with E-state index in [2.05, 4.69) is 15.0 Å². The highest BCUT2D eigenvalue weighted by Gasteiger charge is 2.11. The highest BCUT2D eigenvalue weighted by atomic mass is 19.3. The van der Waals surface area contributed by atoms with Crippen LogP contribution in [0, 0.1) is 6.92 Å². The summed E-state index contributed by atoms with van der Waals surface area (Å²) in [7, 11) is 1.35. The first-order valence-corrected chi connectivity index (χ1v) is 8.44. The van der Waals surface area contributed by atoms with Crippen molar-refractivity contribution < 1.29 is 23.0 Å². The molecule has 0 fully saturated rings. The maximum absolute atomic E-state index is 12.4. The van der Waals surface area contributed by atoms with E-state index in [-0.39, 0.29) is 17.4 Å². The molecule has 1 heterocycles. The molecule has 0 saturated carbocycles. The molecule has 0 spiro atoms. The minimum Gasteiger partial charge on any atom is -0.493 e. The van der Waals surface area contributed by atoms with Gasteiger partial charge in [-0.05, 0) is 54.5 Å². The molecule has 1 N–H and O–H groups in total. The molecule has 0 aliphatic rings. The predicted octanol–water partition coefficient (Wildman–Crippen LogP) is 4.81. The number of aromatic nitrogens is 1. The first-order chi connectivity index (χ1) is 13.5. The van der Waals surface area contributed by atoms with Gasteiger partial charge in [0.05, 0.1) is 18.3 Å². The minimum atomic E-state index is -2.94. The van der Waals surface area contributed by atoms with Crippen molar-refractivity contribution >= 4 is 28.6 Å². The smallest absolute Gasteiger partial charge is 0.387 e. The van der Waals surface area contributed by atoms with E-state index >= 15 is 0 Å². The summed E-state index contributed by atoms with van der Waals surface area (Å²) >= 11 is 0. The number of aryl methyl sites for hydroxylation is 1. The van der Waals surface area contributed by atoms with Crippen LogP contribution in [0.15, 0.2) is 54.7 Å². The number of hydrogen-bond acceptors (Lipinski definition) is 4. The Balaban J connectivity index is 1.77. The largest absolute Gasteiger partial charge is 0.493 e. The normalized spacial score (nSPS) is 11.2. The summed E-state index contributed by atoms with van der Waals surface area (Å²) in [6, 6.07) is 11.8. The van der Waals surface area contributed by atoms with E-state index in [0.29, 0.717) is 11.3 Å². The molecule has 0 saturated heterocycles. The Morgan fingerprint density at radius 2 is 2.00 bits per heavy atom. The lowest BCUT2D eigenvalue weighted by atomic mass is 10.1. The lowest BCUT2D eigenvalue weighted by molar-refractivity contribution is -0.111. The molecule has 7 heteroatoms. The van der Waals surface area contributed by atoms with E-state index in [1.54, 1.807) is 18.3 Å². The number of nitrogens with one attached hydrogen (secondary N) is 1. The maximum Gasteiger partial charge on any atom is 0.387 e. The van der Waals surface area contributed by atoms with Crippen LogP contribution in [0.4, 0.5) is 14.5 Å². The molecular weight excluding hydrogens is 366 g/mol. The first-order valence-electron chi connectivity index (χ1n) is 8.44. The third-order valence-electron chi connectivity index (χ3n) is 4.06. The van der Waals surface area contributed by atoms with E-state index in [4.69, 9.17) is 4.74 Å². The predicted molar refractivity (Wildman–Crippen MR) is 104 cm³/mol. The fourth-order valence-corrected chi connectivity index (χ4v) is 2.75. The molecule has 0 bridgehead atoms. The van der Waals surface area contributed by atoms with Crippen LogP contribution in [0.5, 0.6) is 11.5 Å². The number of benzene rings is 2. The van der Waals surface area contributed by atoms with Crippen molar-refractivity contribution in [2.45, 2.75) is 13.5 Å². The molecular formula is C21H18F2N2O3. The van der Waals surface area contributed by atoms with E-state index in [1.807, 2.05) is 31.2 Å². The number of fused-ring (bicyclic) bond motifs is 1. The van der Waals surface area contributed by atoms with E-state index in [0.717, 1.165) is 16.5 Å². The molecule has 3 rings (SSSR count). The fraction of sp³-hybridized carbons (Fsp3) is 0.143. The maximum atomic E-state index is 12.4. The number of carbonyl (C=O) groups excluding carboxylic acids is 1. The summed E-state index contributed by atoms with van der Waals surface area (Å²) in [5.74, 6) is -0.253. The van der Waals surface area contributed by atoms with Gasteiger partial charge in [0.2, 0.25) is 5.91 Å². The number of rotatable bonds is 6. The van der Waals surface area contributed by atoms with Crippen LogP contribution in [0.3, 0.4) is 0 Å². The summed E-state index contributed by atoms with van der Waals surface area (Å²) < 4.78 is 34.2. The van der Waals surface area contributed by atoms with Gasteiger partial charge < -0.3 is 14.8 Å². The topological polar surface area (TPSA) is 60.5 Å². The third-order valence-corrected chi connectivity index (χ3v) is 4.06. The number of pyridine rings is 1. The zero-order valence-electron chi connectivity index (χ0n) is 15.3. The van der Waals surface area contributed by atoms with Crippen molar-refractivity contribution in [1.82, 2.24) is 4.98 Å². The molecule has 1 amide bonds. The van der Waals surface area contributed by atoms with Crippen molar-refractivity contribution in [2.24, 2.45) is 0 Å². The average molecular weight is 384 g/mol. The van der Waals surface area contributed by atoms with Gasteiger partial charge in [-0.25, -0.2) is 0 Å². The molecule has 5 nitrogen and oxygen atoms in total. The van der Waals surface area contributed by atoms with E-state index < -0.39 is 6.61 Å². The van der Waals surface area contributed by atoms with Gasteiger partial charge in [-0.3, -0.25) is 9.78 Å². The van der Waals surface area contributed by atoms with Crippen molar-refractivity contribution in [1.29, 1.82) is 0 Å². The average Bonchev–Trinajstić information content (AvgIpc) is 2.69. The monoisotopic (exact) mass is 384 g/mol. The minimum absolute atomic E-state index is 0.0715. The van der Waals surface area contributed by atoms with Crippen LogP contribution in [0.2, 0.25) is 0 Å². The highest BCUT2D eigenvalue weighted by molar-refractivity contribution is 6.07.